The van der Waals surface area contributed by atoms with Crippen molar-refractivity contribution in [2.75, 3.05) is 10.6 Å². The molecule has 0 aromatic heterocycles. The van der Waals surface area contributed by atoms with E-state index in [0.29, 0.717) is 24.2 Å². The Morgan fingerprint density at radius 3 is 1.29 bits per heavy atom. The van der Waals surface area contributed by atoms with Gasteiger partial charge in [0, 0.05) is 12.8 Å². The van der Waals surface area contributed by atoms with Gasteiger partial charge in [-0.05, 0) is 96.2 Å². The fourth-order valence-corrected chi connectivity index (χ4v) is 6.32. The first kappa shape index (κ1) is 42.1. The molecule has 6 aromatic rings. The molecule has 294 valence electrons. The lowest BCUT2D eigenvalue weighted by atomic mass is 10.0. The Bertz CT molecular complexity index is 2270. The van der Waals surface area contributed by atoms with E-state index in [2.05, 4.69) is 34.9 Å². The highest BCUT2D eigenvalue weighted by Crippen LogP contribution is 2.22. The summed E-state index contributed by atoms with van der Waals surface area (Å²) in [5, 5.41) is 24.4. The predicted octanol–water partition coefficient (Wildman–Crippen LogP) is 10.3. The fraction of sp³-hybridized carbons (Fsp3) is 0.160. The van der Waals surface area contributed by atoms with Crippen LogP contribution in [-0.4, -0.2) is 34.0 Å². The van der Waals surface area contributed by atoms with Crippen LogP contribution in [0.5, 0.6) is 0 Å². The quantitative estimate of drug-likeness (QED) is 0.0730. The summed E-state index contributed by atoms with van der Waals surface area (Å²) in [7, 11) is 0. The number of carboxylic acid groups (broad SMARTS) is 2. The maximum absolute atomic E-state index is 12.4. The van der Waals surface area contributed by atoms with Crippen LogP contribution in [0, 0.1) is 0 Å². The van der Waals surface area contributed by atoms with E-state index in [4.69, 9.17) is 0 Å². The summed E-state index contributed by atoms with van der Waals surface area (Å²) in [6, 6.07) is 50.2. The van der Waals surface area contributed by atoms with Gasteiger partial charge in [-0.15, -0.1) is 0 Å². The first-order chi connectivity index (χ1) is 28.2. The Hall–Kier alpha value is -7.06. The monoisotopic (exact) mass is 772 g/mol. The van der Waals surface area contributed by atoms with Gasteiger partial charge >= 0.3 is 11.9 Å². The third kappa shape index (κ3) is 14.2. The maximum atomic E-state index is 12.4. The molecule has 6 rings (SSSR count). The number of amides is 2. The lowest BCUT2D eigenvalue weighted by molar-refractivity contribution is -0.116. The lowest BCUT2D eigenvalue weighted by Crippen LogP contribution is -2.15. The number of anilines is 2. The van der Waals surface area contributed by atoms with E-state index in [-0.39, 0.29) is 29.4 Å². The topological polar surface area (TPSA) is 133 Å². The molecular weight excluding hydrogens is 725 g/mol. The molecular formula is C50H48N2O6. The number of rotatable bonds is 17. The van der Waals surface area contributed by atoms with Crippen molar-refractivity contribution in [3.05, 3.63) is 208 Å². The van der Waals surface area contributed by atoms with E-state index in [1.807, 2.05) is 109 Å². The third-order valence-corrected chi connectivity index (χ3v) is 9.39. The smallest absolute Gasteiger partial charge is 0.337 e. The molecule has 0 saturated carbocycles. The summed E-state index contributed by atoms with van der Waals surface area (Å²) in [6.45, 7) is 0. The number of aromatic carboxylic acids is 2. The highest BCUT2D eigenvalue weighted by molar-refractivity contribution is 6.01. The Morgan fingerprint density at radius 1 is 0.448 bits per heavy atom. The molecule has 0 unspecified atom stereocenters. The molecule has 0 fully saturated rings. The van der Waals surface area contributed by atoms with E-state index in [1.54, 1.807) is 36.4 Å². The van der Waals surface area contributed by atoms with Crippen molar-refractivity contribution in [1.82, 2.24) is 0 Å². The van der Waals surface area contributed by atoms with Gasteiger partial charge < -0.3 is 20.8 Å². The average molecular weight is 773 g/mol. The second-order valence-electron chi connectivity index (χ2n) is 13.8. The first-order valence-corrected chi connectivity index (χ1v) is 19.4. The molecule has 0 aliphatic carbocycles. The van der Waals surface area contributed by atoms with E-state index >= 15 is 0 Å². The summed E-state index contributed by atoms with van der Waals surface area (Å²) >= 11 is 0. The minimum atomic E-state index is -1.06. The molecule has 0 heterocycles. The molecule has 8 heteroatoms. The largest absolute Gasteiger partial charge is 0.478 e. The van der Waals surface area contributed by atoms with Crippen LogP contribution >= 0.6 is 0 Å². The molecule has 4 N–H and O–H groups in total. The minimum absolute atomic E-state index is 0.0915. The van der Waals surface area contributed by atoms with Crippen molar-refractivity contribution in [1.29, 1.82) is 0 Å². The van der Waals surface area contributed by atoms with Gasteiger partial charge in [0.15, 0.2) is 0 Å². The molecule has 0 atom stereocenters. The van der Waals surface area contributed by atoms with Crippen LogP contribution in [0.4, 0.5) is 11.4 Å². The molecule has 0 radical (unpaired) electrons. The molecule has 0 saturated heterocycles. The zero-order valence-corrected chi connectivity index (χ0v) is 32.4. The minimum Gasteiger partial charge on any atom is -0.478 e. The molecule has 0 spiro atoms. The van der Waals surface area contributed by atoms with Crippen LogP contribution in [0.15, 0.2) is 164 Å². The second-order valence-corrected chi connectivity index (χ2v) is 13.8. The van der Waals surface area contributed by atoms with Crippen molar-refractivity contribution >= 4 is 41.2 Å². The van der Waals surface area contributed by atoms with Crippen LogP contribution in [-0.2, 0) is 41.7 Å². The summed E-state index contributed by atoms with van der Waals surface area (Å²) in [5.74, 6) is -2.52. The zero-order valence-electron chi connectivity index (χ0n) is 32.4. The predicted molar refractivity (Wildman–Crippen MR) is 231 cm³/mol. The van der Waals surface area contributed by atoms with Gasteiger partial charge in [-0.2, -0.15) is 0 Å². The average Bonchev–Trinajstić information content (AvgIpc) is 3.24. The Labute approximate surface area is 339 Å². The van der Waals surface area contributed by atoms with Crippen LogP contribution in [0.1, 0.15) is 73.4 Å². The Morgan fingerprint density at radius 2 is 0.845 bits per heavy atom. The number of carboxylic acids is 2. The van der Waals surface area contributed by atoms with Crippen LogP contribution in [0.2, 0.25) is 0 Å². The van der Waals surface area contributed by atoms with Gasteiger partial charge in [-0.25, -0.2) is 9.59 Å². The number of hydrogen-bond donors (Lipinski definition) is 4. The number of benzene rings is 6. The van der Waals surface area contributed by atoms with Crippen molar-refractivity contribution in [2.24, 2.45) is 0 Å². The standard InChI is InChI=1S/C25H25NO3.C25H23NO3/c2*27-24(13-7-12-19-8-3-1-4-9-19)26-23-18-21(16-17-22(23)25(28)29)15-14-20-10-5-2-6-11-20/h1-6,8-11,16-18H,7,12-15H2,(H,26,27)(H,28,29);1-12,16-18H,13-15H2,(H,26,27)(H,28,29)/b;12-7+. The second kappa shape index (κ2) is 22.5. The van der Waals surface area contributed by atoms with Crippen LogP contribution < -0.4 is 10.6 Å². The zero-order chi connectivity index (χ0) is 41.0. The molecule has 0 aliphatic rings. The highest BCUT2D eigenvalue weighted by Gasteiger charge is 2.15. The highest BCUT2D eigenvalue weighted by atomic mass is 16.4. The summed E-state index contributed by atoms with van der Waals surface area (Å²) < 4.78 is 0. The molecule has 6 aromatic carbocycles. The molecule has 58 heavy (non-hydrogen) atoms. The number of aryl methyl sites for hydroxylation is 5. The normalized spacial score (nSPS) is 10.6. The van der Waals surface area contributed by atoms with Crippen molar-refractivity contribution in [3.8, 4) is 0 Å². The van der Waals surface area contributed by atoms with Crippen LogP contribution in [0.3, 0.4) is 0 Å². The number of carbonyl (C=O) groups excluding carboxylic acids is 2. The van der Waals surface area contributed by atoms with Crippen molar-refractivity contribution < 1.29 is 29.4 Å². The molecule has 8 nitrogen and oxygen atoms in total. The van der Waals surface area contributed by atoms with Gasteiger partial charge in [0.05, 0.1) is 22.5 Å². The third-order valence-electron chi connectivity index (χ3n) is 9.39. The summed E-state index contributed by atoms with van der Waals surface area (Å²) in [6.07, 6.45) is 8.94. The first-order valence-electron chi connectivity index (χ1n) is 19.4. The Balaban J connectivity index is 0.000000221. The Kier molecular flexibility index (Phi) is 16.3. The SMILES string of the molecule is O=C(C/C=C/c1ccccc1)Nc1cc(CCc2ccccc2)ccc1C(=O)O.O=C(CCCc1ccccc1)Nc1cc(CCc2ccccc2)ccc1C(=O)O. The van der Waals surface area contributed by atoms with E-state index in [9.17, 15) is 29.4 Å². The molecule has 0 bridgehead atoms. The van der Waals surface area contributed by atoms with Gasteiger partial charge in [0.25, 0.3) is 0 Å². The van der Waals surface area contributed by atoms with Crippen LogP contribution in [0.25, 0.3) is 6.08 Å². The summed E-state index contributed by atoms with van der Waals surface area (Å²) in [5.41, 5.74) is 7.52. The maximum Gasteiger partial charge on any atom is 0.337 e. The van der Waals surface area contributed by atoms with Gasteiger partial charge in [-0.1, -0.05) is 146 Å². The lowest BCUT2D eigenvalue weighted by Gasteiger charge is -2.11. The molecule has 2 amide bonds. The van der Waals surface area contributed by atoms with Gasteiger partial charge in [0.2, 0.25) is 11.8 Å². The number of hydrogen-bond acceptors (Lipinski definition) is 4. The van der Waals surface area contributed by atoms with Crippen molar-refractivity contribution in [2.45, 2.75) is 51.4 Å². The van der Waals surface area contributed by atoms with E-state index < -0.39 is 11.9 Å². The van der Waals surface area contributed by atoms with E-state index in [0.717, 1.165) is 48.8 Å². The number of nitrogens with one attached hydrogen (secondary N) is 2. The summed E-state index contributed by atoms with van der Waals surface area (Å²) in [4.78, 5) is 47.7. The van der Waals surface area contributed by atoms with Crippen molar-refractivity contribution in [3.63, 3.8) is 0 Å². The van der Waals surface area contributed by atoms with Gasteiger partial charge in [-0.3, -0.25) is 9.59 Å². The van der Waals surface area contributed by atoms with Gasteiger partial charge in [0.1, 0.15) is 0 Å². The fourth-order valence-electron chi connectivity index (χ4n) is 6.32. The van der Waals surface area contributed by atoms with E-state index in [1.165, 1.54) is 16.7 Å². The molecule has 0 aliphatic heterocycles. The number of carbonyl (C=O) groups is 4.